The highest BCUT2D eigenvalue weighted by molar-refractivity contribution is 5.95. The second-order valence-corrected chi connectivity index (χ2v) is 5.89. The molecule has 3 rings (SSSR count). The van der Waals surface area contributed by atoms with E-state index in [1.165, 1.54) is 7.11 Å². The number of rotatable bonds is 5. The van der Waals surface area contributed by atoms with Crippen LogP contribution in [0, 0.1) is 5.41 Å². The highest BCUT2D eigenvalue weighted by Gasteiger charge is 2.46. The Morgan fingerprint density at radius 1 is 1.33 bits per heavy atom. The summed E-state index contributed by atoms with van der Waals surface area (Å²) in [5.41, 5.74) is 0.285. The molecule has 0 saturated carbocycles. The lowest BCUT2D eigenvalue weighted by molar-refractivity contribution is -0.151. The van der Waals surface area contributed by atoms with Gasteiger partial charge in [-0.3, -0.25) is 9.59 Å². The van der Waals surface area contributed by atoms with E-state index in [0.29, 0.717) is 18.5 Å². The van der Waals surface area contributed by atoms with Crippen molar-refractivity contribution in [2.75, 3.05) is 26.8 Å². The van der Waals surface area contributed by atoms with Gasteiger partial charge in [-0.15, -0.1) is 5.10 Å². The first kappa shape index (κ1) is 16.1. The van der Waals surface area contributed by atoms with Gasteiger partial charge in [0.2, 0.25) is 0 Å². The van der Waals surface area contributed by atoms with E-state index in [9.17, 15) is 14.7 Å². The fraction of sp³-hybridized carbons (Fsp3) is 0.375. The predicted octanol–water partition coefficient (Wildman–Crippen LogP) is 0.831. The molecule has 0 bridgehead atoms. The molecule has 8 heteroatoms. The summed E-state index contributed by atoms with van der Waals surface area (Å²) < 4.78 is 6.64. The van der Waals surface area contributed by atoms with E-state index < -0.39 is 11.4 Å². The van der Waals surface area contributed by atoms with Gasteiger partial charge in [0.15, 0.2) is 0 Å². The van der Waals surface area contributed by atoms with Crippen molar-refractivity contribution in [3.05, 3.63) is 42.2 Å². The maximum absolute atomic E-state index is 12.6. The Hall–Kier alpha value is -2.74. The van der Waals surface area contributed by atoms with Crippen LogP contribution in [0.2, 0.25) is 0 Å². The van der Waals surface area contributed by atoms with Crippen molar-refractivity contribution in [2.24, 2.45) is 5.41 Å². The first-order valence-corrected chi connectivity index (χ1v) is 7.54. The summed E-state index contributed by atoms with van der Waals surface area (Å²) in [6.45, 7) is 0.649. The molecule has 24 heavy (non-hydrogen) atoms. The van der Waals surface area contributed by atoms with Crippen LogP contribution in [0.1, 0.15) is 16.8 Å². The standard InChI is InChI=1S/C16H18N4O4/c1-24-11-16(15(22)23)6-8-19(10-16)14(21)12-2-4-13(5-3-12)20-9-7-17-18-20/h2-5,7,9H,6,8,10-11H2,1H3,(H,22,23). The van der Waals surface area contributed by atoms with Crippen LogP contribution in [-0.2, 0) is 9.53 Å². The largest absolute Gasteiger partial charge is 0.481 e. The van der Waals surface area contributed by atoms with Gasteiger partial charge >= 0.3 is 5.97 Å². The SMILES string of the molecule is COCC1(C(=O)O)CCN(C(=O)c2ccc(-n3ccnn3)cc2)C1. The molecule has 1 unspecified atom stereocenters. The molecule has 1 amide bonds. The molecule has 2 heterocycles. The third kappa shape index (κ3) is 2.88. The maximum atomic E-state index is 12.6. The molecule has 0 spiro atoms. The lowest BCUT2D eigenvalue weighted by atomic mass is 9.88. The second-order valence-electron chi connectivity index (χ2n) is 5.89. The number of carbonyl (C=O) groups excluding carboxylic acids is 1. The van der Waals surface area contributed by atoms with Gasteiger partial charge in [-0.05, 0) is 30.7 Å². The fourth-order valence-electron chi connectivity index (χ4n) is 2.96. The quantitative estimate of drug-likeness (QED) is 0.872. The topological polar surface area (TPSA) is 97.6 Å². The summed E-state index contributed by atoms with van der Waals surface area (Å²) in [6.07, 6.45) is 3.67. The summed E-state index contributed by atoms with van der Waals surface area (Å²) in [5, 5.41) is 17.1. The van der Waals surface area contributed by atoms with Gasteiger partial charge in [-0.1, -0.05) is 5.21 Å². The number of carboxylic acid groups (broad SMARTS) is 1. The number of amides is 1. The van der Waals surface area contributed by atoms with Gasteiger partial charge in [-0.2, -0.15) is 0 Å². The zero-order chi connectivity index (χ0) is 17.2. The average Bonchev–Trinajstić information content (AvgIpc) is 3.25. The van der Waals surface area contributed by atoms with Crippen molar-refractivity contribution in [2.45, 2.75) is 6.42 Å². The number of aliphatic carboxylic acids is 1. The predicted molar refractivity (Wildman–Crippen MR) is 83.8 cm³/mol. The Bertz CT molecular complexity index is 729. The molecule has 1 saturated heterocycles. The fourth-order valence-corrected chi connectivity index (χ4v) is 2.96. The number of likely N-dealkylation sites (tertiary alicyclic amines) is 1. The number of ether oxygens (including phenoxy) is 1. The molecule has 0 aliphatic carbocycles. The Labute approximate surface area is 138 Å². The minimum Gasteiger partial charge on any atom is -0.481 e. The second kappa shape index (κ2) is 6.40. The summed E-state index contributed by atoms with van der Waals surface area (Å²) in [6, 6.07) is 6.96. The van der Waals surface area contributed by atoms with Crippen molar-refractivity contribution < 1.29 is 19.4 Å². The van der Waals surface area contributed by atoms with E-state index in [1.807, 2.05) is 0 Å². The molecule has 8 nitrogen and oxygen atoms in total. The molecule has 1 N–H and O–H groups in total. The summed E-state index contributed by atoms with van der Waals surface area (Å²) >= 11 is 0. The maximum Gasteiger partial charge on any atom is 0.313 e. The number of methoxy groups -OCH3 is 1. The number of aromatic nitrogens is 3. The number of hydrogen-bond acceptors (Lipinski definition) is 5. The number of carbonyl (C=O) groups is 2. The van der Waals surface area contributed by atoms with E-state index in [1.54, 1.807) is 46.2 Å². The van der Waals surface area contributed by atoms with Crippen molar-refractivity contribution in [3.8, 4) is 5.69 Å². The van der Waals surface area contributed by atoms with Crippen molar-refractivity contribution in [1.29, 1.82) is 0 Å². The first-order valence-electron chi connectivity index (χ1n) is 7.54. The third-order valence-corrected chi connectivity index (χ3v) is 4.32. The van der Waals surface area contributed by atoms with Crippen LogP contribution >= 0.6 is 0 Å². The number of benzene rings is 1. The molecule has 1 aliphatic rings. The molecule has 0 radical (unpaired) electrons. The van der Waals surface area contributed by atoms with E-state index in [2.05, 4.69) is 10.3 Å². The van der Waals surface area contributed by atoms with Crippen LogP contribution in [0.15, 0.2) is 36.7 Å². The molecular weight excluding hydrogens is 312 g/mol. The minimum absolute atomic E-state index is 0.0946. The Balaban J connectivity index is 1.74. The molecule has 1 atom stereocenters. The highest BCUT2D eigenvalue weighted by Crippen LogP contribution is 2.32. The van der Waals surface area contributed by atoms with E-state index in [4.69, 9.17) is 4.74 Å². The van der Waals surface area contributed by atoms with Gasteiger partial charge in [0.25, 0.3) is 5.91 Å². The summed E-state index contributed by atoms with van der Waals surface area (Å²) in [7, 11) is 1.47. The van der Waals surface area contributed by atoms with E-state index >= 15 is 0 Å². The van der Waals surface area contributed by atoms with Gasteiger partial charge in [0.05, 0.1) is 24.7 Å². The minimum atomic E-state index is -1.02. The Morgan fingerprint density at radius 3 is 2.67 bits per heavy atom. The highest BCUT2D eigenvalue weighted by atomic mass is 16.5. The molecule has 1 aromatic heterocycles. The summed E-state index contributed by atoms with van der Waals surface area (Å²) in [4.78, 5) is 25.7. The van der Waals surface area contributed by atoms with Crippen LogP contribution in [0.3, 0.4) is 0 Å². The van der Waals surface area contributed by atoms with Crippen molar-refractivity contribution in [3.63, 3.8) is 0 Å². The lowest BCUT2D eigenvalue weighted by Gasteiger charge is -2.23. The monoisotopic (exact) mass is 330 g/mol. The van der Waals surface area contributed by atoms with Crippen molar-refractivity contribution in [1.82, 2.24) is 19.9 Å². The van der Waals surface area contributed by atoms with Crippen LogP contribution in [0.25, 0.3) is 5.69 Å². The zero-order valence-electron chi connectivity index (χ0n) is 13.3. The van der Waals surface area contributed by atoms with Gasteiger partial charge in [0, 0.05) is 25.8 Å². The molecule has 126 valence electrons. The van der Waals surface area contributed by atoms with Crippen molar-refractivity contribution >= 4 is 11.9 Å². The number of hydrogen-bond donors (Lipinski definition) is 1. The molecule has 1 aliphatic heterocycles. The van der Waals surface area contributed by atoms with E-state index in [0.717, 1.165) is 5.69 Å². The normalized spacial score (nSPS) is 20.3. The Morgan fingerprint density at radius 2 is 2.08 bits per heavy atom. The van der Waals surface area contributed by atoms with Gasteiger partial charge in [0.1, 0.15) is 5.41 Å². The molecule has 1 aromatic carbocycles. The first-order chi connectivity index (χ1) is 11.6. The van der Waals surface area contributed by atoms with Crippen LogP contribution < -0.4 is 0 Å². The zero-order valence-corrected chi connectivity index (χ0v) is 13.3. The third-order valence-electron chi connectivity index (χ3n) is 4.32. The van der Waals surface area contributed by atoms with Crippen LogP contribution in [0.5, 0.6) is 0 Å². The van der Waals surface area contributed by atoms with Gasteiger partial charge in [-0.25, -0.2) is 4.68 Å². The Kier molecular flexibility index (Phi) is 4.30. The smallest absolute Gasteiger partial charge is 0.313 e. The average molecular weight is 330 g/mol. The summed E-state index contributed by atoms with van der Waals surface area (Å²) in [5.74, 6) is -1.11. The molecular formula is C16H18N4O4. The van der Waals surface area contributed by atoms with Crippen LogP contribution in [0.4, 0.5) is 0 Å². The van der Waals surface area contributed by atoms with E-state index in [-0.39, 0.29) is 19.1 Å². The number of nitrogens with zero attached hydrogens (tertiary/aromatic N) is 4. The molecule has 2 aromatic rings. The van der Waals surface area contributed by atoms with Gasteiger partial charge < -0.3 is 14.7 Å². The number of carboxylic acids is 1. The van der Waals surface area contributed by atoms with Crippen LogP contribution in [-0.4, -0.2) is 63.7 Å². The molecule has 1 fully saturated rings. The lowest BCUT2D eigenvalue weighted by Crippen LogP contribution is -2.40.